The van der Waals surface area contributed by atoms with Crippen LogP contribution in [0.1, 0.15) is 91.2 Å². The average Bonchev–Trinajstić information content (AvgIpc) is 1.98. The minimum atomic E-state index is -3.22. The van der Waals surface area contributed by atoms with Gasteiger partial charge in [-0.2, -0.15) is 28.4 Å². The Labute approximate surface area is 608 Å². The van der Waals surface area contributed by atoms with Crippen molar-refractivity contribution in [3.8, 4) is 18.2 Å². The standard InChI is InChI=1S/C11H11BrN2O2S.C9H7BrN2O2S.C7H4BrClN2.C7H5BrN2O.C7H6N2O.C4H4BrNO2.C4H8O2S.Cl3OP.K.H2O/c1-3-16-11(15)9-8(13)6-4-7(12)5(2)14-10(6)17-9;1-3-5(10)2-4-6(11)7(9(13)14)15-8(4)12-3;1-4-6(8)2-5(3-10)7(9)11-4;1-4-6(8)2-5(3-9)7(11)10-4;1-5-2-3-6(4-8)7(10)9-5;5-6-3(7)1-2-4(6)8;1-2-6-4(5)3-7;1-5(2,3)4;;/h4H,3,13H2,1-2H3;2H,11H2,1H3,(H,13,14);2H,1H3;2H,1H3,(H,10,11);2-3H,1H3,(H,9,10);1-2H2;7H,2-3H2,1H3;;;1H2/q;;;;;;;;+1;/p-1. The number of aromatic amines is 2. The summed E-state index contributed by atoms with van der Waals surface area (Å²) in [5.74, 6) is -1.77. The Morgan fingerprint density at radius 1 is 0.721 bits per heavy atom. The summed E-state index contributed by atoms with van der Waals surface area (Å²) in [5.41, 5.74) is 16.4. The van der Waals surface area contributed by atoms with Crippen LogP contribution in [0.3, 0.4) is 0 Å². The van der Waals surface area contributed by atoms with Crippen molar-refractivity contribution in [2.24, 2.45) is 0 Å². The molecule has 1 aliphatic heterocycles. The number of halogens is 9. The van der Waals surface area contributed by atoms with Crippen LogP contribution < -0.4 is 74.0 Å². The SMILES string of the molecule is CCOC(=O)CS.CCOC(=O)c1sc2nc(C)c(Br)cc2c1N.Cc1[nH]c(=O)c(C#N)cc1Br.Cc1ccc(C#N)c(=O)[nH]1.Cc1nc(Cl)c(C#N)cc1Br.Cc1nc2sc(C(=O)O)c(N)c2cc1Br.O=C1CCC(=O)N1Br.O=P(Cl)(Cl)Cl.[K+].[OH-]. The number of nitrogens with two attached hydrogens (primary N) is 2. The third kappa shape index (κ3) is 29.1. The number of nitriles is 3. The Bertz CT molecular complexity index is 3860. The van der Waals surface area contributed by atoms with E-state index in [4.69, 9.17) is 48.7 Å². The number of aromatic nitrogens is 5. The number of aryl methyl sites for hydroxylation is 5. The number of esters is 2. The number of carboxylic acid groups (broad SMARTS) is 1. The number of pyridine rings is 5. The maximum absolute atomic E-state index is 11.7. The molecule has 8 rings (SSSR count). The number of rotatable bonds is 5. The first-order chi connectivity index (χ1) is 39.1. The number of thiol groups is 1. The average molecular weight is 1690 g/mol. The largest absolute Gasteiger partial charge is 1.00 e. The fourth-order valence-corrected chi connectivity index (χ4v) is 9.37. The van der Waals surface area contributed by atoms with Crippen LogP contribution in [0.4, 0.5) is 11.4 Å². The molecule has 0 aromatic carbocycles. The number of hydrogen-bond donors (Lipinski definition) is 6. The molecule has 7 aromatic rings. The van der Waals surface area contributed by atoms with Crippen molar-refractivity contribution in [2.45, 2.75) is 61.3 Å². The van der Waals surface area contributed by atoms with Gasteiger partial charge in [-0.05, 0) is 182 Å². The van der Waals surface area contributed by atoms with Crippen LogP contribution in [0.15, 0.2) is 63.9 Å². The van der Waals surface area contributed by atoms with Crippen LogP contribution in [-0.2, 0) is 28.4 Å². The van der Waals surface area contributed by atoms with Gasteiger partial charge in [-0.1, -0.05) is 11.6 Å². The molecule has 86 heavy (non-hydrogen) atoms. The van der Waals surface area contributed by atoms with Crippen molar-refractivity contribution in [3.63, 3.8) is 0 Å². The molecule has 1 aliphatic rings. The van der Waals surface area contributed by atoms with E-state index in [0.717, 1.165) is 71.8 Å². The van der Waals surface area contributed by atoms with Crippen molar-refractivity contribution in [3.05, 3.63) is 135 Å². The molecule has 8 heterocycles. The fourth-order valence-electron chi connectivity index (χ4n) is 5.44. The number of nitrogen functional groups attached to an aromatic ring is 2. The quantitative estimate of drug-likeness (QED) is 0.0177. The zero-order chi connectivity index (χ0) is 64.5. The zero-order valence-electron chi connectivity index (χ0n) is 45.9. The minimum Gasteiger partial charge on any atom is -0.870 e. The Hall–Kier alpha value is -3.37. The van der Waals surface area contributed by atoms with Gasteiger partial charge < -0.3 is 41.5 Å². The molecule has 8 N–H and O–H groups in total. The predicted octanol–water partition coefficient (Wildman–Crippen LogP) is 10.9. The third-order valence-electron chi connectivity index (χ3n) is 9.48. The molecular weight excluding hydrogens is 1640 g/mol. The number of ether oxygens (including phenoxy) is 2. The first-order valence-corrected chi connectivity index (χ1v) is 33.8. The number of nitrogens with one attached hydrogen (secondary N) is 2. The number of amides is 2. The van der Waals surface area contributed by atoms with Gasteiger partial charge in [0.15, 0.2) is 0 Å². The summed E-state index contributed by atoms with van der Waals surface area (Å²) in [6.45, 7) is 13.4. The molecule has 0 bridgehead atoms. The Morgan fingerprint density at radius 2 is 1.13 bits per heavy atom. The van der Waals surface area contributed by atoms with Gasteiger partial charge in [0.25, 0.3) is 11.1 Å². The number of hydrogen-bond acceptors (Lipinski definition) is 22. The van der Waals surface area contributed by atoms with Crippen LogP contribution in [0.2, 0.25) is 5.15 Å². The molecule has 0 spiro atoms. The molecule has 0 saturated carbocycles. The molecule has 2 amide bonds. The van der Waals surface area contributed by atoms with Gasteiger partial charge in [0.2, 0.25) is 11.8 Å². The van der Waals surface area contributed by atoms with E-state index < -0.39 is 11.2 Å². The summed E-state index contributed by atoms with van der Waals surface area (Å²) < 4.78 is 23.2. The summed E-state index contributed by atoms with van der Waals surface area (Å²) in [7, 11) is 0. The van der Waals surface area contributed by atoms with E-state index in [0.29, 0.717) is 52.4 Å². The van der Waals surface area contributed by atoms with E-state index in [1.54, 1.807) is 58.0 Å². The smallest absolute Gasteiger partial charge is 0.870 e. The minimum absolute atomic E-state index is 0. The maximum Gasteiger partial charge on any atom is 1.00 e. The first kappa shape index (κ1) is 84.7. The molecule has 0 aliphatic carbocycles. The maximum atomic E-state index is 11.7. The van der Waals surface area contributed by atoms with Crippen molar-refractivity contribution in [2.75, 3.05) is 30.4 Å². The Morgan fingerprint density at radius 3 is 1.51 bits per heavy atom. The number of H-pyrrole nitrogens is 2. The van der Waals surface area contributed by atoms with Gasteiger partial charge in [0, 0.05) is 52.9 Å². The van der Waals surface area contributed by atoms with Gasteiger partial charge in [-0.3, -0.25) is 28.5 Å². The molecule has 0 radical (unpaired) electrons. The molecule has 0 unspecified atom stereocenters. The second-order valence-electron chi connectivity index (χ2n) is 15.6. The van der Waals surface area contributed by atoms with Crippen molar-refractivity contribution in [1.82, 2.24) is 28.8 Å². The van der Waals surface area contributed by atoms with E-state index in [1.807, 2.05) is 32.9 Å². The van der Waals surface area contributed by atoms with E-state index in [1.165, 1.54) is 23.5 Å². The topological polar surface area (TPSA) is 402 Å². The van der Waals surface area contributed by atoms with Crippen LogP contribution in [0.25, 0.3) is 20.4 Å². The van der Waals surface area contributed by atoms with Crippen molar-refractivity contribution in [1.29, 1.82) is 15.8 Å². The number of carbonyl (C=O) groups is 5. The predicted molar refractivity (Wildman–Crippen MR) is 351 cm³/mol. The first-order valence-electron chi connectivity index (χ1n) is 22.8. The molecule has 7 aromatic heterocycles. The number of imide groups is 1. The number of anilines is 2. The van der Waals surface area contributed by atoms with Crippen LogP contribution in [0.5, 0.6) is 0 Å². The van der Waals surface area contributed by atoms with E-state index in [2.05, 4.69) is 156 Å². The van der Waals surface area contributed by atoms with Gasteiger partial charge >= 0.3 is 74.5 Å². The molecular formula is C49H46Br5Cl4KN11O12PS3. The molecule has 0 atom stereocenters. The number of thiophene rings is 2. The number of aromatic carboxylic acids is 1. The Kier molecular flexibility index (Phi) is 41.2. The van der Waals surface area contributed by atoms with Crippen LogP contribution in [-0.4, -0.2) is 88.1 Å². The van der Waals surface area contributed by atoms with Crippen LogP contribution in [0, 0.1) is 68.6 Å². The van der Waals surface area contributed by atoms with Crippen LogP contribution >= 0.6 is 166 Å². The summed E-state index contributed by atoms with van der Waals surface area (Å²) in [6, 6.07) is 15.6. The number of nitrogens with zero attached hydrogens (tertiary/aromatic N) is 7. The van der Waals surface area contributed by atoms with E-state index in [9.17, 15) is 38.1 Å². The molecule has 1 saturated heterocycles. The van der Waals surface area contributed by atoms with E-state index in [-0.39, 0.29) is 124 Å². The second kappa shape index (κ2) is 41.8. The molecule has 23 nitrogen and oxygen atoms in total. The zero-order valence-corrected chi connectivity index (χ0v) is 63.4. The number of carbonyl (C=O) groups excluding carboxylic acids is 4. The van der Waals surface area contributed by atoms with E-state index >= 15 is 0 Å². The van der Waals surface area contributed by atoms with Gasteiger partial charge in [-0.15, -0.1) is 22.7 Å². The molecule has 37 heteroatoms. The van der Waals surface area contributed by atoms with Gasteiger partial charge in [0.05, 0.1) is 69.1 Å². The van der Waals surface area contributed by atoms with Gasteiger partial charge in [-0.25, -0.2) is 28.5 Å². The number of carboxylic acids is 1. The summed E-state index contributed by atoms with van der Waals surface area (Å²) in [5, 5.41) is 32.7. The summed E-state index contributed by atoms with van der Waals surface area (Å²) in [6.07, 6.45) is 0.703. The van der Waals surface area contributed by atoms with Crippen molar-refractivity contribution < 1.29 is 100.0 Å². The summed E-state index contributed by atoms with van der Waals surface area (Å²) >= 11 is 41.5. The second-order valence-corrected chi connectivity index (χ2v) is 29.0. The molecule has 456 valence electrons. The fraction of sp³-hybridized carbons (Fsp3) is 0.245. The number of fused-ring (bicyclic) bond motifs is 2. The van der Waals surface area contributed by atoms with Gasteiger partial charge in [0.1, 0.15) is 53.9 Å². The van der Waals surface area contributed by atoms with Crippen molar-refractivity contribution >= 4 is 227 Å². The Balaban J connectivity index is 0. The summed E-state index contributed by atoms with van der Waals surface area (Å²) in [4.78, 5) is 94.9. The normalized spacial score (nSPS) is 10.7. The third-order valence-corrected chi connectivity index (χ3v) is 16.2. The molecule has 1 fully saturated rings. The monoisotopic (exact) mass is 1680 g/mol.